The van der Waals surface area contributed by atoms with Crippen molar-refractivity contribution in [2.24, 2.45) is 0 Å². The van der Waals surface area contributed by atoms with Gasteiger partial charge in [-0.2, -0.15) is 23.6 Å². The van der Waals surface area contributed by atoms with Crippen LogP contribution in [0.25, 0.3) is 0 Å². The molecule has 0 heterocycles. The van der Waals surface area contributed by atoms with Crippen molar-refractivity contribution in [3.05, 3.63) is 25.3 Å². The molecule has 0 unspecified atom stereocenters. The first-order valence-corrected chi connectivity index (χ1v) is 13.6. The van der Waals surface area contributed by atoms with Crippen molar-refractivity contribution in [2.45, 2.75) is 0 Å². The van der Waals surface area contributed by atoms with Crippen molar-refractivity contribution in [1.29, 1.82) is 0 Å². The van der Waals surface area contributed by atoms with Crippen molar-refractivity contribution in [3.8, 4) is 0 Å². The monoisotopic (exact) mass is 592 g/mol. The fraction of sp³-hybridized carbons (Fsp3) is 0.333. The Balaban J connectivity index is -0.0000000389. The topological polar surface area (TPSA) is 92.2 Å². The van der Waals surface area contributed by atoms with E-state index in [2.05, 4.69) is 61.3 Å². The molecule has 0 saturated heterocycles. The number of hydrogen-bond donors (Lipinski definition) is 0. The van der Waals surface area contributed by atoms with Crippen LogP contribution in [-0.2, 0) is 107 Å². The van der Waals surface area contributed by atoms with Crippen LogP contribution < -0.4 is 19.6 Å². The van der Waals surface area contributed by atoms with Gasteiger partial charge in [0.2, 0.25) is 0 Å². The Hall–Kier alpha value is 3.89. The van der Waals surface area contributed by atoms with Crippen molar-refractivity contribution in [3.63, 3.8) is 0 Å². The molecule has 0 fully saturated rings. The van der Waals surface area contributed by atoms with Gasteiger partial charge in [-0.05, 0) is 0 Å². The Kier molecular flexibility index (Phi) is 49.5. The van der Waals surface area contributed by atoms with Crippen molar-refractivity contribution < 1.29 is 78.0 Å². The first-order chi connectivity index (χ1) is 7.91. The Morgan fingerprint density at radius 1 is 0.810 bits per heavy atom. The van der Waals surface area contributed by atoms with E-state index < -0.39 is 11.4 Å². The second-order valence-electron chi connectivity index (χ2n) is 2.04. The van der Waals surface area contributed by atoms with E-state index >= 15 is 0 Å². The first-order valence-electron chi connectivity index (χ1n) is 3.84. The van der Waals surface area contributed by atoms with Crippen LogP contribution in [0.1, 0.15) is 0 Å². The summed E-state index contributed by atoms with van der Waals surface area (Å²) in [7, 11) is 3.61. The molecule has 0 aromatic heterocycles. The summed E-state index contributed by atoms with van der Waals surface area (Å²) < 4.78 is 0. The molecule has 0 aliphatic rings. The third kappa shape index (κ3) is 145. The van der Waals surface area contributed by atoms with Crippen LogP contribution in [0.4, 0.5) is 0 Å². The molecule has 110 valence electrons. The van der Waals surface area contributed by atoms with Crippen LogP contribution in [0.2, 0.25) is 0 Å². The summed E-state index contributed by atoms with van der Waals surface area (Å²) >= 11 is 14.6. The molecule has 0 aliphatic carbocycles. The molecule has 0 aliphatic heterocycles. The maximum Gasteiger partial charge on any atom is 2.00 e. The van der Waals surface area contributed by atoms with Crippen LogP contribution in [0.5, 0.6) is 0 Å². The van der Waals surface area contributed by atoms with Gasteiger partial charge in [-0.3, -0.25) is 0 Å². The van der Waals surface area contributed by atoms with Gasteiger partial charge >= 0.3 is 58.4 Å². The van der Waals surface area contributed by atoms with Gasteiger partial charge in [0.05, 0.1) is 0 Å². The van der Waals surface area contributed by atoms with Crippen LogP contribution in [-0.4, -0.2) is 11.5 Å². The van der Waals surface area contributed by atoms with Gasteiger partial charge in [0, 0.05) is 11.5 Å². The summed E-state index contributed by atoms with van der Waals surface area (Å²) in [4.78, 5) is 37.2. The SMILES string of the molecule is C=CCSSCC=C.[O-]P([O-])(=S)[S-].[O-]P([O-])(=S)[S-].[Zn+2].[Zn+2].[Zn+2]. The van der Waals surface area contributed by atoms with Gasteiger partial charge in [0.1, 0.15) is 0 Å². The summed E-state index contributed by atoms with van der Waals surface area (Å²) in [5, 5.41) is 0. The molecular weight excluding hydrogens is 587 g/mol. The first kappa shape index (κ1) is 39.8. The summed E-state index contributed by atoms with van der Waals surface area (Å²) in [5.41, 5.74) is -7.44. The second kappa shape index (κ2) is 26.1. The van der Waals surface area contributed by atoms with Crippen molar-refractivity contribution >= 4 is 81.1 Å². The predicted octanol–water partition coefficient (Wildman–Crippen LogP) is -0.311. The van der Waals surface area contributed by atoms with E-state index in [-0.39, 0.29) is 58.4 Å². The van der Waals surface area contributed by atoms with Gasteiger partial charge in [-0.15, -0.1) is 13.2 Å². The number of rotatable bonds is 5. The molecule has 0 bridgehead atoms. The van der Waals surface area contributed by atoms with Crippen LogP contribution in [0, 0.1) is 0 Å². The van der Waals surface area contributed by atoms with Gasteiger partial charge in [-0.1, -0.05) is 33.7 Å². The van der Waals surface area contributed by atoms with Crippen LogP contribution in [0.15, 0.2) is 25.3 Å². The average molecular weight is 597 g/mol. The molecule has 0 aromatic carbocycles. The molecule has 0 aromatic rings. The van der Waals surface area contributed by atoms with Crippen molar-refractivity contribution in [1.82, 2.24) is 0 Å². The van der Waals surface area contributed by atoms with Crippen LogP contribution in [0.3, 0.4) is 0 Å². The second-order valence-corrected chi connectivity index (χ2v) is 13.5. The fourth-order valence-corrected chi connectivity index (χ4v) is 1.73. The zero-order chi connectivity index (χ0) is 15.2. The quantitative estimate of drug-likeness (QED) is 0.105. The maximum absolute atomic E-state index is 9.29. The normalized spacial score (nSPS) is 8.86. The molecule has 0 saturated carbocycles. The minimum atomic E-state index is -3.72. The minimum absolute atomic E-state index is 0. The summed E-state index contributed by atoms with van der Waals surface area (Å²) in [5.74, 6) is 2.05. The molecule has 0 radical (unpaired) electrons. The van der Waals surface area contributed by atoms with E-state index in [1.54, 1.807) is 21.6 Å². The predicted molar refractivity (Wildman–Crippen MR) is 88.6 cm³/mol. The van der Waals surface area contributed by atoms with Gasteiger partial charge in [-0.25, -0.2) is 0 Å². The van der Waals surface area contributed by atoms with Crippen LogP contribution >= 0.6 is 33.0 Å². The smallest absolute Gasteiger partial charge is 0.850 e. The largest absolute Gasteiger partial charge is 2.00 e. The molecule has 0 spiro atoms. The van der Waals surface area contributed by atoms with Gasteiger partial charge in [0.15, 0.2) is 0 Å². The van der Waals surface area contributed by atoms with E-state index in [9.17, 15) is 19.6 Å². The molecule has 0 amide bonds. The Morgan fingerprint density at radius 3 is 1.05 bits per heavy atom. The third-order valence-electron chi connectivity index (χ3n) is 0.455. The van der Waals surface area contributed by atoms with Gasteiger partial charge in [0.25, 0.3) is 0 Å². The average Bonchev–Trinajstić information content (AvgIpc) is 2.07. The Bertz CT molecular complexity index is 266. The van der Waals surface area contributed by atoms with E-state index in [0.29, 0.717) is 0 Å². The fourth-order valence-electron chi connectivity index (χ4n) is 0.192. The standard InChI is InChI=1S/C6H10S2.2H3O2PS2.3Zn/c1-3-5-7-8-6-4-2;2*1-3(2,4)5;;;/h3-4H,1-2,5-6H2;2*(H3,1,2,4,5);;;/q;;;3*+2/p-6. The third-order valence-corrected chi connectivity index (χ3v) is 2.68. The van der Waals surface area contributed by atoms with Gasteiger partial charge < -0.3 is 55.5 Å². The zero-order valence-corrected chi connectivity index (χ0v) is 26.7. The summed E-state index contributed by atoms with van der Waals surface area (Å²) in [6, 6.07) is 0. The van der Waals surface area contributed by atoms with E-state index in [4.69, 9.17) is 0 Å². The zero-order valence-electron chi connectivity index (χ0n) is 11.1. The van der Waals surface area contributed by atoms with E-state index in [1.807, 2.05) is 12.2 Å². The molecule has 0 atom stereocenters. The molecule has 0 rings (SSSR count). The number of hydrogen-bond acceptors (Lipinski definition) is 10. The Morgan fingerprint density at radius 2 is 0.952 bits per heavy atom. The molecule has 4 nitrogen and oxygen atoms in total. The van der Waals surface area contributed by atoms with E-state index in [1.165, 1.54) is 0 Å². The summed E-state index contributed by atoms with van der Waals surface area (Å²) in [6.45, 7) is 7.20. The summed E-state index contributed by atoms with van der Waals surface area (Å²) in [6.07, 6.45) is 3.81. The molecule has 21 heavy (non-hydrogen) atoms. The minimum Gasteiger partial charge on any atom is -0.850 e. The molecule has 15 heteroatoms. The van der Waals surface area contributed by atoms with Crippen molar-refractivity contribution in [2.75, 3.05) is 11.5 Å². The van der Waals surface area contributed by atoms with E-state index in [0.717, 1.165) is 11.5 Å². The molecule has 0 N–H and O–H groups in total. The maximum atomic E-state index is 9.29. The Labute approximate surface area is 193 Å². The molecular formula is C6H10O4P2S6Zn3.